The fraction of sp³-hybridized carbons (Fsp3) is 0.269. The van der Waals surface area contributed by atoms with Gasteiger partial charge in [-0.25, -0.2) is 0 Å². The summed E-state index contributed by atoms with van der Waals surface area (Å²) in [4.78, 5) is 42.9. The average Bonchev–Trinajstić information content (AvgIpc) is 2.85. The molecule has 7 nitrogen and oxygen atoms in total. The summed E-state index contributed by atoms with van der Waals surface area (Å²) in [6.45, 7) is 2.30. The van der Waals surface area contributed by atoms with E-state index in [1.165, 1.54) is 10.6 Å². The zero-order valence-electron chi connectivity index (χ0n) is 18.7. The Bertz CT molecular complexity index is 1160. The second kappa shape index (κ2) is 10.3. The SMILES string of the molecule is CN1CCN(C(=O)Cn2cccc(C(=O)NCc3ccccc3)c2=O)C(c2ccccc2)C1. The second-order valence-electron chi connectivity index (χ2n) is 8.30. The number of aromatic nitrogens is 1. The Morgan fingerprint density at radius 2 is 1.64 bits per heavy atom. The van der Waals surface area contributed by atoms with Crippen molar-refractivity contribution in [3.8, 4) is 0 Å². The lowest BCUT2D eigenvalue weighted by Crippen LogP contribution is -2.50. The molecule has 7 heteroatoms. The maximum Gasteiger partial charge on any atom is 0.263 e. The molecule has 0 saturated carbocycles. The van der Waals surface area contributed by atoms with Gasteiger partial charge < -0.3 is 19.7 Å². The Morgan fingerprint density at radius 1 is 0.939 bits per heavy atom. The standard InChI is InChI=1S/C26H28N4O3/c1-28-15-16-30(23(18-28)21-11-6-3-7-12-21)24(31)19-29-14-8-13-22(26(29)33)25(32)27-17-20-9-4-2-5-10-20/h2-14,23H,15-19H2,1H3,(H,27,32). The average molecular weight is 445 g/mol. The normalized spacial score (nSPS) is 16.4. The van der Waals surface area contributed by atoms with Crippen LogP contribution in [0.2, 0.25) is 0 Å². The summed E-state index contributed by atoms with van der Waals surface area (Å²) in [5.41, 5.74) is 1.57. The summed E-state index contributed by atoms with van der Waals surface area (Å²) < 4.78 is 1.32. The number of pyridine rings is 1. The van der Waals surface area contributed by atoms with Crippen molar-refractivity contribution in [1.29, 1.82) is 0 Å². The number of amides is 2. The molecule has 4 rings (SSSR count). The predicted octanol–water partition coefficient (Wildman–Crippen LogP) is 2.29. The number of hydrogen-bond acceptors (Lipinski definition) is 4. The number of nitrogens with one attached hydrogen (secondary N) is 1. The first-order valence-corrected chi connectivity index (χ1v) is 11.1. The molecule has 33 heavy (non-hydrogen) atoms. The molecular formula is C26H28N4O3. The van der Waals surface area contributed by atoms with Gasteiger partial charge in [-0.1, -0.05) is 60.7 Å². The van der Waals surface area contributed by atoms with Crippen LogP contribution in [0.15, 0.2) is 83.8 Å². The zero-order valence-corrected chi connectivity index (χ0v) is 18.7. The van der Waals surface area contributed by atoms with Crippen LogP contribution >= 0.6 is 0 Å². The third-order valence-electron chi connectivity index (χ3n) is 5.95. The maximum absolute atomic E-state index is 13.2. The van der Waals surface area contributed by atoms with E-state index in [0.29, 0.717) is 13.1 Å². The first-order chi connectivity index (χ1) is 16.0. The number of likely N-dealkylation sites (N-methyl/N-ethyl adjacent to an activating group) is 1. The molecule has 1 fully saturated rings. The Hall–Kier alpha value is -3.71. The molecule has 2 amide bonds. The molecule has 0 aliphatic carbocycles. The third kappa shape index (κ3) is 5.38. The molecule has 1 aliphatic heterocycles. The number of benzene rings is 2. The van der Waals surface area contributed by atoms with E-state index in [0.717, 1.165) is 24.2 Å². The molecule has 1 aliphatic rings. The van der Waals surface area contributed by atoms with Crippen molar-refractivity contribution in [2.45, 2.75) is 19.1 Å². The van der Waals surface area contributed by atoms with Gasteiger partial charge in [-0.15, -0.1) is 0 Å². The lowest BCUT2D eigenvalue weighted by molar-refractivity contribution is -0.136. The van der Waals surface area contributed by atoms with Crippen LogP contribution in [0.1, 0.15) is 27.5 Å². The minimum Gasteiger partial charge on any atom is -0.348 e. The second-order valence-corrected chi connectivity index (χ2v) is 8.30. The molecule has 170 valence electrons. The number of rotatable bonds is 6. The molecule has 0 bridgehead atoms. The van der Waals surface area contributed by atoms with Crippen LogP contribution in [0, 0.1) is 0 Å². The van der Waals surface area contributed by atoms with E-state index >= 15 is 0 Å². The van der Waals surface area contributed by atoms with Gasteiger partial charge in [-0.2, -0.15) is 0 Å². The first kappa shape index (κ1) is 22.5. The number of hydrogen-bond donors (Lipinski definition) is 1. The monoisotopic (exact) mass is 444 g/mol. The van der Waals surface area contributed by atoms with E-state index < -0.39 is 11.5 Å². The molecule has 1 atom stereocenters. The van der Waals surface area contributed by atoms with Crippen LogP contribution in [0.4, 0.5) is 0 Å². The minimum atomic E-state index is -0.471. The fourth-order valence-electron chi connectivity index (χ4n) is 4.12. The maximum atomic E-state index is 13.2. The van der Waals surface area contributed by atoms with Gasteiger partial charge in [0.2, 0.25) is 5.91 Å². The molecule has 0 radical (unpaired) electrons. The van der Waals surface area contributed by atoms with Gasteiger partial charge in [-0.05, 0) is 30.3 Å². The summed E-state index contributed by atoms with van der Waals surface area (Å²) in [6, 6.07) is 22.5. The quantitative estimate of drug-likeness (QED) is 0.633. The van der Waals surface area contributed by atoms with Gasteiger partial charge in [0.15, 0.2) is 0 Å². The van der Waals surface area contributed by atoms with Crippen molar-refractivity contribution < 1.29 is 9.59 Å². The topological polar surface area (TPSA) is 74.7 Å². The largest absolute Gasteiger partial charge is 0.348 e. The highest BCUT2D eigenvalue weighted by molar-refractivity contribution is 5.93. The van der Waals surface area contributed by atoms with Crippen molar-refractivity contribution in [1.82, 2.24) is 19.7 Å². The molecule has 1 N–H and O–H groups in total. The van der Waals surface area contributed by atoms with Crippen LogP contribution < -0.4 is 10.9 Å². The van der Waals surface area contributed by atoms with Gasteiger partial charge >= 0.3 is 0 Å². The summed E-state index contributed by atoms with van der Waals surface area (Å²) in [5.74, 6) is -0.590. The van der Waals surface area contributed by atoms with E-state index in [1.54, 1.807) is 12.3 Å². The lowest BCUT2D eigenvalue weighted by atomic mass is 10.0. The van der Waals surface area contributed by atoms with Crippen LogP contribution in [0.5, 0.6) is 0 Å². The van der Waals surface area contributed by atoms with Crippen molar-refractivity contribution >= 4 is 11.8 Å². The number of carbonyl (C=O) groups excluding carboxylic acids is 2. The molecule has 0 spiro atoms. The molecule has 1 unspecified atom stereocenters. The van der Waals surface area contributed by atoms with Crippen LogP contribution in [-0.2, 0) is 17.9 Å². The molecule has 1 saturated heterocycles. The van der Waals surface area contributed by atoms with Crippen LogP contribution in [0.25, 0.3) is 0 Å². The van der Waals surface area contributed by atoms with Crippen LogP contribution in [0.3, 0.4) is 0 Å². The molecule has 2 aromatic carbocycles. The summed E-state index contributed by atoms with van der Waals surface area (Å²) in [6.07, 6.45) is 1.56. The number of nitrogens with zero attached hydrogens (tertiary/aromatic N) is 3. The zero-order chi connectivity index (χ0) is 23.2. The van der Waals surface area contributed by atoms with Crippen molar-refractivity contribution in [3.05, 3.63) is 106 Å². The van der Waals surface area contributed by atoms with E-state index in [9.17, 15) is 14.4 Å². The number of piperazine rings is 1. The minimum absolute atomic E-state index is 0.0271. The Labute approximate surface area is 193 Å². The van der Waals surface area contributed by atoms with Crippen molar-refractivity contribution in [3.63, 3.8) is 0 Å². The highest BCUT2D eigenvalue weighted by atomic mass is 16.2. The Balaban J connectivity index is 1.48. The molecular weight excluding hydrogens is 416 g/mol. The highest BCUT2D eigenvalue weighted by Gasteiger charge is 2.30. The van der Waals surface area contributed by atoms with Crippen molar-refractivity contribution in [2.24, 2.45) is 0 Å². The summed E-state index contributed by atoms with van der Waals surface area (Å²) in [7, 11) is 2.04. The van der Waals surface area contributed by atoms with Gasteiger partial charge in [0, 0.05) is 32.4 Å². The van der Waals surface area contributed by atoms with Gasteiger partial charge in [0.1, 0.15) is 12.1 Å². The van der Waals surface area contributed by atoms with E-state index in [2.05, 4.69) is 10.2 Å². The van der Waals surface area contributed by atoms with Crippen LogP contribution in [-0.4, -0.2) is 52.9 Å². The summed E-state index contributed by atoms with van der Waals surface area (Å²) in [5, 5.41) is 2.78. The Kier molecular flexibility index (Phi) is 7.00. The molecule has 1 aromatic heterocycles. The van der Waals surface area contributed by atoms with E-state index in [1.807, 2.05) is 72.6 Å². The lowest BCUT2D eigenvalue weighted by Gasteiger charge is -2.40. The number of carbonyl (C=O) groups is 2. The van der Waals surface area contributed by atoms with Gasteiger partial charge in [0.05, 0.1) is 6.04 Å². The predicted molar refractivity (Wildman–Crippen MR) is 127 cm³/mol. The first-order valence-electron chi connectivity index (χ1n) is 11.1. The highest BCUT2D eigenvalue weighted by Crippen LogP contribution is 2.25. The molecule has 3 aromatic rings. The van der Waals surface area contributed by atoms with Gasteiger partial charge in [-0.3, -0.25) is 14.4 Å². The molecule has 2 heterocycles. The Morgan fingerprint density at radius 3 is 2.36 bits per heavy atom. The summed E-state index contributed by atoms with van der Waals surface area (Å²) >= 11 is 0. The fourth-order valence-corrected chi connectivity index (χ4v) is 4.12. The van der Waals surface area contributed by atoms with Crippen molar-refractivity contribution in [2.75, 3.05) is 26.7 Å². The third-order valence-corrected chi connectivity index (χ3v) is 5.95. The smallest absolute Gasteiger partial charge is 0.263 e. The van der Waals surface area contributed by atoms with E-state index in [-0.39, 0.29) is 24.1 Å². The van der Waals surface area contributed by atoms with Gasteiger partial charge in [0.25, 0.3) is 11.5 Å². The van der Waals surface area contributed by atoms with E-state index in [4.69, 9.17) is 0 Å².